The lowest BCUT2D eigenvalue weighted by atomic mass is 10.1. The van der Waals surface area contributed by atoms with Crippen LogP contribution in [0.1, 0.15) is 45.4 Å². The number of hydrogen-bond acceptors (Lipinski definition) is 2. The maximum atomic E-state index is 11.3. The molecule has 13 heavy (non-hydrogen) atoms. The van der Waals surface area contributed by atoms with E-state index in [1.165, 1.54) is 12.8 Å². The number of Topliss-reactive ketones (excluding diaryl/α,β-unsaturated/α-hetero) is 1. The summed E-state index contributed by atoms with van der Waals surface area (Å²) in [7, 11) is 0. The van der Waals surface area contributed by atoms with Crippen molar-refractivity contribution in [2.75, 3.05) is 13.2 Å². The summed E-state index contributed by atoms with van der Waals surface area (Å²) >= 11 is 0. The van der Waals surface area contributed by atoms with Gasteiger partial charge in [-0.1, -0.05) is 12.8 Å². The van der Waals surface area contributed by atoms with Gasteiger partial charge < -0.3 is 4.74 Å². The first-order valence-electron chi connectivity index (χ1n) is 5.42. The van der Waals surface area contributed by atoms with Gasteiger partial charge in [0.15, 0.2) is 0 Å². The van der Waals surface area contributed by atoms with E-state index >= 15 is 0 Å². The van der Waals surface area contributed by atoms with Crippen molar-refractivity contribution in [3.8, 4) is 0 Å². The monoisotopic (exact) mass is 184 g/mol. The molecule has 0 unspecified atom stereocenters. The minimum absolute atomic E-state index is 0.423. The lowest BCUT2D eigenvalue weighted by Crippen LogP contribution is -2.01. The van der Waals surface area contributed by atoms with Crippen LogP contribution >= 0.6 is 0 Å². The van der Waals surface area contributed by atoms with E-state index in [1.807, 2.05) is 6.92 Å². The summed E-state index contributed by atoms with van der Waals surface area (Å²) in [5, 5.41) is 0. The van der Waals surface area contributed by atoms with Crippen molar-refractivity contribution in [2.24, 2.45) is 5.92 Å². The van der Waals surface area contributed by atoms with Crippen LogP contribution in [0.3, 0.4) is 0 Å². The van der Waals surface area contributed by atoms with E-state index in [9.17, 15) is 4.79 Å². The van der Waals surface area contributed by atoms with Gasteiger partial charge in [-0.05, 0) is 25.7 Å². The Balaban J connectivity index is 1.84. The maximum Gasteiger partial charge on any atom is 0.133 e. The Kier molecular flexibility index (Phi) is 5.06. The predicted molar refractivity (Wildman–Crippen MR) is 52.7 cm³/mol. The molecule has 1 rings (SSSR count). The van der Waals surface area contributed by atoms with E-state index in [2.05, 4.69) is 0 Å². The molecule has 1 saturated carbocycles. The topological polar surface area (TPSA) is 26.3 Å². The average Bonchev–Trinajstić information content (AvgIpc) is 2.92. The van der Waals surface area contributed by atoms with Crippen LogP contribution in [0.5, 0.6) is 0 Å². The summed E-state index contributed by atoms with van der Waals surface area (Å²) < 4.78 is 5.17. The summed E-state index contributed by atoms with van der Waals surface area (Å²) in [6.45, 7) is 3.48. The predicted octanol–water partition coefficient (Wildman–Crippen LogP) is 2.56. The third-order valence-electron chi connectivity index (χ3n) is 2.48. The first kappa shape index (κ1) is 10.7. The molecule has 0 bridgehead atoms. The summed E-state index contributed by atoms with van der Waals surface area (Å²) in [5.74, 6) is 1.31. The van der Waals surface area contributed by atoms with Crippen LogP contribution in [0.2, 0.25) is 0 Å². The Morgan fingerprint density at radius 1 is 1.38 bits per heavy atom. The third kappa shape index (κ3) is 5.81. The molecule has 0 amide bonds. The van der Waals surface area contributed by atoms with Crippen molar-refractivity contribution in [2.45, 2.75) is 45.4 Å². The summed E-state index contributed by atoms with van der Waals surface area (Å²) in [5.41, 5.74) is 0. The highest BCUT2D eigenvalue weighted by Crippen LogP contribution is 2.33. The maximum absolute atomic E-state index is 11.3. The van der Waals surface area contributed by atoms with Gasteiger partial charge in [0.2, 0.25) is 0 Å². The van der Waals surface area contributed by atoms with Crippen molar-refractivity contribution in [3.05, 3.63) is 0 Å². The fraction of sp³-hybridized carbons (Fsp3) is 0.909. The second-order valence-corrected chi connectivity index (χ2v) is 3.82. The molecular weight excluding hydrogens is 164 g/mol. The molecule has 2 nitrogen and oxygen atoms in total. The Bertz CT molecular complexity index is 150. The number of ketones is 1. The van der Waals surface area contributed by atoms with Crippen LogP contribution in [0, 0.1) is 5.92 Å². The van der Waals surface area contributed by atoms with Gasteiger partial charge in [0.1, 0.15) is 5.78 Å². The summed E-state index contributed by atoms with van der Waals surface area (Å²) in [6, 6.07) is 0. The standard InChI is InChI=1S/C11H20O2/c1-2-13-9-3-4-11(12)8-7-10-5-6-10/h10H,2-9H2,1H3. The first-order valence-corrected chi connectivity index (χ1v) is 5.42. The summed E-state index contributed by atoms with van der Waals surface area (Å²) in [4.78, 5) is 11.3. The van der Waals surface area contributed by atoms with Crippen molar-refractivity contribution in [3.63, 3.8) is 0 Å². The van der Waals surface area contributed by atoms with Crippen molar-refractivity contribution >= 4 is 5.78 Å². The molecule has 0 heterocycles. The quantitative estimate of drug-likeness (QED) is 0.542. The van der Waals surface area contributed by atoms with Crippen LogP contribution in [0.15, 0.2) is 0 Å². The first-order chi connectivity index (χ1) is 6.33. The average molecular weight is 184 g/mol. The highest BCUT2D eigenvalue weighted by molar-refractivity contribution is 5.78. The zero-order valence-electron chi connectivity index (χ0n) is 8.55. The fourth-order valence-corrected chi connectivity index (χ4v) is 1.41. The van der Waals surface area contributed by atoms with Gasteiger partial charge in [-0.15, -0.1) is 0 Å². The Morgan fingerprint density at radius 2 is 2.15 bits per heavy atom. The lowest BCUT2D eigenvalue weighted by molar-refractivity contribution is -0.119. The molecule has 0 aromatic rings. The fourth-order valence-electron chi connectivity index (χ4n) is 1.41. The number of carbonyl (C=O) groups is 1. The van der Waals surface area contributed by atoms with Gasteiger partial charge in [-0.25, -0.2) is 0 Å². The van der Waals surface area contributed by atoms with E-state index in [0.29, 0.717) is 12.2 Å². The number of carbonyl (C=O) groups excluding carboxylic acids is 1. The molecule has 2 heteroatoms. The second kappa shape index (κ2) is 6.14. The molecule has 0 radical (unpaired) electrons. The van der Waals surface area contributed by atoms with Crippen LogP contribution in [-0.2, 0) is 9.53 Å². The molecular formula is C11H20O2. The number of ether oxygens (including phenoxy) is 1. The van der Waals surface area contributed by atoms with Crippen LogP contribution in [-0.4, -0.2) is 19.0 Å². The zero-order chi connectivity index (χ0) is 9.52. The molecule has 0 atom stereocenters. The Morgan fingerprint density at radius 3 is 2.77 bits per heavy atom. The van der Waals surface area contributed by atoms with Gasteiger partial charge in [0.25, 0.3) is 0 Å². The molecule has 76 valence electrons. The number of rotatable bonds is 8. The normalized spacial score (nSPS) is 16.1. The second-order valence-electron chi connectivity index (χ2n) is 3.82. The van der Waals surface area contributed by atoms with Crippen molar-refractivity contribution in [1.29, 1.82) is 0 Å². The summed E-state index contributed by atoms with van der Waals surface area (Å²) in [6.07, 6.45) is 6.26. The highest BCUT2D eigenvalue weighted by Gasteiger charge is 2.21. The molecule has 0 aromatic heterocycles. The highest BCUT2D eigenvalue weighted by atomic mass is 16.5. The molecule has 0 aromatic carbocycles. The molecule has 1 fully saturated rings. The van der Waals surface area contributed by atoms with E-state index in [4.69, 9.17) is 4.74 Å². The van der Waals surface area contributed by atoms with Gasteiger partial charge in [0.05, 0.1) is 0 Å². The van der Waals surface area contributed by atoms with E-state index in [0.717, 1.165) is 38.4 Å². The number of hydrogen-bond donors (Lipinski definition) is 0. The molecule has 1 aliphatic carbocycles. The van der Waals surface area contributed by atoms with Crippen LogP contribution < -0.4 is 0 Å². The van der Waals surface area contributed by atoms with Gasteiger partial charge in [-0.2, -0.15) is 0 Å². The zero-order valence-corrected chi connectivity index (χ0v) is 8.55. The van der Waals surface area contributed by atoms with E-state index in [1.54, 1.807) is 0 Å². The Hall–Kier alpha value is -0.370. The smallest absolute Gasteiger partial charge is 0.133 e. The molecule has 0 spiro atoms. The largest absolute Gasteiger partial charge is 0.382 e. The molecule has 0 saturated heterocycles. The molecule has 0 N–H and O–H groups in total. The van der Waals surface area contributed by atoms with Crippen LogP contribution in [0.4, 0.5) is 0 Å². The van der Waals surface area contributed by atoms with Gasteiger partial charge in [0, 0.05) is 26.1 Å². The van der Waals surface area contributed by atoms with Crippen molar-refractivity contribution in [1.82, 2.24) is 0 Å². The third-order valence-corrected chi connectivity index (χ3v) is 2.48. The van der Waals surface area contributed by atoms with Crippen molar-refractivity contribution < 1.29 is 9.53 Å². The molecule has 1 aliphatic rings. The van der Waals surface area contributed by atoms with E-state index < -0.39 is 0 Å². The minimum atomic E-state index is 0.423. The Labute approximate surface area is 80.7 Å². The van der Waals surface area contributed by atoms with Crippen LogP contribution in [0.25, 0.3) is 0 Å². The van der Waals surface area contributed by atoms with E-state index in [-0.39, 0.29) is 0 Å². The lowest BCUT2D eigenvalue weighted by Gasteiger charge is -2.00. The van der Waals surface area contributed by atoms with Gasteiger partial charge in [-0.3, -0.25) is 4.79 Å². The van der Waals surface area contributed by atoms with Gasteiger partial charge >= 0.3 is 0 Å². The SMILES string of the molecule is CCOCCCC(=O)CCC1CC1. The minimum Gasteiger partial charge on any atom is -0.382 e. The molecule has 0 aliphatic heterocycles.